The first-order chi connectivity index (χ1) is 15.8. The highest BCUT2D eigenvalue weighted by molar-refractivity contribution is 6.46. The van der Waals surface area contributed by atoms with Gasteiger partial charge in [-0.25, -0.2) is 9.29 Å². The number of hydrogen-bond acceptors (Lipinski definition) is 5. The number of imide groups is 1. The predicted octanol–water partition coefficient (Wildman–Crippen LogP) is 5.20. The van der Waals surface area contributed by atoms with Crippen molar-refractivity contribution in [2.45, 2.75) is 6.92 Å². The van der Waals surface area contributed by atoms with Crippen molar-refractivity contribution >= 4 is 40.4 Å². The van der Waals surface area contributed by atoms with Crippen LogP contribution < -0.4 is 19.7 Å². The number of carbonyl (C=O) groups excluding carboxylic acids is 2. The Morgan fingerprint density at radius 3 is 2.21 bits per heavy atom. The highest BCUT2D eigenvalue weighted by Gasteiger charge is 2.40. The lowest BCUT2D eigenvalue weighted by Gasteiger charge is -2.16. The quantitative estimate of drug-likeness (QED) is 0.506. The van der Waals surface area contributed by atoms with Crippen LogP contribution in [0.4, 0.5) is 15.8 Å². The molecule has 0 aromatic heterocycles. The molecule has 0 spiro atoms. The SMILES string of the molecule is COc1ccc(C2=C(Nc3ccc(Cl)cc3C)C(=O)N(c3ccc(F)cc3)C2=O)cc1OC. The molecule has 1 aliphatic rings. The van der Waals surface area contributed by atoms with Crippen LogP contribution in [0.25, 0.3) is 5.57 Å². The molecule has 0 atom stereocenters. The highest BCUT2D eigenvalue weighted by atomic mass is 35.5. The van der Waals surface area contributed by atoms with Crippen molar-refractivity contribution in [1.82, 2.24) is 0 Å². The zero-order chi connectivity index (χ0) is 23.7. The van der Waals surface area contributed by atoms with Crippen LogP contribution in [0.2, 0.25) is 5.02 Å². The number of anilines is 2. The molecule has 3 aromatic carbocycles. The van der Waals surface area contributed by atoms with E-state index in [0.29, 0.717) is 27.8 Å². The molecular formula is C25H20ClFN2O4. The van der Waals surface area contributed by atoms with Crippen molar-refractivity contribution in [1.29, 1.82) is 0 Å². The maximum Gasteiger partial charge on any atom is 0.282 e. The number of nitrogens with one attached hydrogen (secondary N) is 1. The molecule has 1 N–H and O–H groups in total. The molecule has 2 amide bonds. The van der Waals surface area contributed by atoms with Crippen molar-refractivity contribution < 1.29 is 23.5 Å². The van der Waals surface area contributed by atoms with E-state index in [0.717, 1.165) is 10.5 Å². The minimum atomic E-state index is -0.564. The van der Waals surface area contributed by atoms with Gasteiger partial charge < -0.3 is 14.8 Å². The number of aryl methyl sites for hydroxylation is 1. The van der Waals surface area contributed by atoms with Gasteiger partial charge in [-0.05, 0) is 72.6 Å². The third kappa shape index (κ3) is 4.15. The van der Waals surface area contributed by atoms with Gasteiger partial charge in [-0.2, -0.15) is 0 Å². The van der Waals surface area contributed by atoms with Crippen molar-refractivity contribution in [3.63, 3.8) is 0 Å². The van der Waals surface area contributed by atoms with E-state index in [1.165, 1.54) is 38.5 Å². The Morgan fingerprint density at radius 1 is 0.879 bits per heavy atom. The average molecular weight is 467 g/mol. The van der Waals surface area contributed by atoms with E-state index >= 15 is 0 Å². The third-order valence-electron chi connectivity index (χ3n) is 5.29. The van der Waals surface area contributed by atoms with Gasteiger partial charge in [0.05, 0.1) is 25.5 Å². The lowest BCUT2D eigenvalue weighted by Crippen LogP contribution is -2.32. The number of carbonyl (C=O) groups is 2. The monoisotopic (exact) mass is 466 g/mol. The maximum absolute atomic E-state index is 13.5. The Kier molecular flexibility index (Phi) is 6.07. The summed E-state index contributed by atoms with van der Waals surface area (Å²) in [6, 6.07) is 15.3. The minimum Gasteiger partial charge on any atom is -0.493 e. The van der Waals surface area contributed by atoms with Crippen LogP contribution in [-0.2, 0) is 9.59 Å². The lowest BCUT2D eigenvalue weighted by molar-refractivity contribution is -0.120. The van der Waals surface area contributed by atoms with Gasteiger partial charge in [-0.3, -0.25) is 9.59 Å². The second kappa shape index (κ2) is 8.96. The molecule has 0 bridgehead atoms. The summed E-state index contributed by atoms with van der Waals surface area (Å²) in [7, 11) is 2.99. The van der Waals surface area contributed by atoms with Crippen molar-refractivity contribution in [2.75, 3.05) is 24.4 Å². The van der Waals surface area contributed by atoms with Gasteiger partial charge in [0.15, 0.2) is 11.5 Å². The highest BCUT2D eigenvalue weighted by Crippen LogP contribution is 2.37. The molecule has 0 radical (unpaired) electrons. The number of hydrogen-bond donors (Lipinski definition) is 1. The molecule has 0 saturated heterocycles. The van der Waals surface area contributed by atoms with Crippen LogP contribution in [0.5, 0.6) is 11.5 Å². The standard InChI is InChI=1S/C25H20ClFN2O4/c1-14-12-16(26)5-10-19(14)28-23-22(15-4-11-20(32-2)21(13-15)33-3)24(30)29(25(23)31)18-8-6-17(27)7-9-18/h4-13,28H,1-3H3. The van der Waals surface area contributed by atoms with Gasteiger partial charge in [-0.15, -0.1) is 0 Å². The smallest absolute Gasteiger partial charge is 0.282 e. The van der Waals surface area contributed by atoms with Gasteiger partial charge in [0.25, 0.3) is 11.8 Å². The second-order valence-electron chi connectivity index (χ2n) is 7.33. The molecule has 3 aromatic rings. The first-order valence-electron chi connectivity index (χ1n) is 9.98. The van der Waals surface area contributed by atoms with Gasteiger partial charge in [-0.1, -0.05) is 17.7 Å². The predicted molar refractivity (Wildman–Crippen MR) is 125 cm³/mol. The van der Waals surface area contributed by atoms with E-state index in [-0.39, 0.29) is 17.0 Å². The van der Waals surface area contributed by atoms with Crippen LogP contribution >= 0.6 is 11.6 Å². The first kappa shape index (κ1) is 22.4. The topological polar surface area (TPSA) is 67.9 Å². The third-order valence-corrected chi connectivity index (χ3v) is 5.52. The molecule has 8 heteroatoms. The molecule has 6 nitrogen and oxygen atoms in total. The summed E-state index contributed by atoms with van der Waals surface area (Å²) in [6.45, 7) is 1.84. The normalized spacial score (nSPS) is 13.5. The van der Waals surface area contributed by atoms with E-state index < -0.39 is 17.6 Å². The molecule has 4 rings (SSSR count). The Morgan fingerprint density at radius 2 is 1.58 bits per heavy atom. The van der Waals surface area contributed by atoms with Gasteiger partial charge >= 0.3 is 0 Å². The molecule has 0 unspecified atom stereocenters. The molecule has 0 saturated carbocycles. The number of methoxy groups -OCH3 is 2. The number of rotatable bonds is 6. The summed E-state index contributed by atoms with van der Waals surface area (Å²) < 4.78 is 24.1. The molecule has 168 valence electrons. The summed E-state index contributed by atoms with van der Waals surface area (Å²) in [4.78, 5) is 28.0. The molecule has 1 aliphatic heterocycles. The van der Waals surface area contributed by atoms with Crippen molar-refractivity contribution in [2.24, 2.45) is 0 Å². The second-order valence-corrected chi connectivity index (χ2v) is 7.76. The maximum atomic E-state index is 13.5. The van der Waals surface area contributed by atoms with Gasteiger partial charge in [0.1, 0.15) is 11.5 Å². The number of benzene rings is 3. The summed E-state index contributed by atoms with van der Waals surface area (Å²) in [5.41, 5.74) is 2.37. The Balaban J connectivity index is 1.86. The van der Waals surface area contributed by atoms with E-state index in [1.54, 1.807) is 36.4 Å². The summed E-state index contributed by atoms with van der Waals surface area (Å²) >= 11 is 6.06. The van der Waals surface area contributed by atoms with Crippen LogP contribution in [0.3, 0.4) is 0 Å². The summed E-state index contributed by atoms with van der Waals surface area (Å²) in [5.74, 6) is -0.693. The molecular weight excluding hydrogens is 447 g/mol. The lowest BCUT2D eigenvalue weighted by atomic mass is 10.0. The zero-order valence-corrected chi connectivity index (χ0v) is 18.9. The first-order valence-corrected chi connectivity index (χ1v) is 10.4. The van der Waals surface area contributed by atoms with Crippen LogP contribution in [0, 0.1) is 12.7 Å². The van der Waals surface area contributed by atoms with E-state index in [2.05, 4.69) is 5.32 Å². The number of amides is 2. The van der Waals surface area contributed by atoms with Crippen molar-refractivity contribution in [3.05, 3.63) is 88.3 Å². The van der Waals surface area contributed by atoms with Gasteiger partial charge in [0.2, 0.25) is 0 Å². The molecule has 1 heterocycles. The fraction of sp³-hybridized carbons (Fsp3) is 0.120. The van der Waals surface area contributed by atoms with Crippen LogP contribution in [0.1, 0.15) is 11.1 Å². The van der Waals surface area contributed by atoms with Crippen LogP contribution in [0.15, 0.2) is 66.4 Å². The minimum absolute atomic E-state index is 0.0852. The van der Waals surface area contributed by atoms with E-state index in [9.17, 15) is 14.0 Å². The Hall–Kier alpha value is -3.84. The molecule has 0 aliphatic carbocycles. The summed E-state index contributed by atoms with van der Waals surface area (Å²) in [5, 5.41) is 3.66. The average Bonchev–Trinajstić information content (AvgIpc) is 3.05. The zero-order valence-electron chi connectivity index (χ0n) is 18.1. The number of ether oxygens (including phenoxy) is 2. The fourth-order valence-electron chi connectivity index (χ4n) is 3.63. The van der Waals surface area contributed by atoms with Crippen molar-refractivity contribution in [3.8, 4) is 11.5 Å². The summed E-state index contributed by atoms with van der Waals surface area (Å²) in [6.07, 6.45) is 0. The van der Waals surface area contributed by atoms with E-state index in [4.69, 9.17) is 21.1 Å². The van der Waals surface area contributed by atoms with Crippen LogP contribution in [-0.4, -0.2) is 26.0 Å². The van der Waals surface area contributed by atoms with Gasteiger partial charge in [0, 0.05) is 10.7 Å². The largest absolute Gasteiger partial charge is 0.493 e. The fourth-order valence-corrected chi connectivity index (χ4v) is 3.86. The molecule has 33 heavy (non-hydrogen) atoms. The number of nitrogens with zero attached hydrogens (tertiary/aromatic N) is 1. The Bertz CT molecular complexity index is 1290. The van der Waals surface area contributed by atoms with E-state index in [1.807, 2.05) is 6.92 Å². The molecule has 0 fully saturated rings. The Labute approximate surface area is 195 Å². The number of halogens is 2.